The van der Waals surface area contributed by atoms with Gasteiger partial charge in [-0.15, -0.1) is 0 Å². The van der Waals surface area contributed by atoms with Crippen molar-refractivity contribution in [3.63, 3.8) is 0 Å². The molecule has 0 heterocycles. The maximum absolute atomic E-state index is 4.18. The van der Waals surface area contributed by atoms with Crippen molar-refractivity contribution in [1.29, 1.82) is 0 Å². The van der Waals surface area contributed by atoms with Gasteiger partial charge in [0.15, 0.2) is 0 Å². The van der Waals surface area contributed by atoms with Crippen LogP contribution < -0.4 is 0 Å². The van der Waals surface area contributed by atoms with Crippen LogP contribution in [0.3, 0.4) is 0 Å². The van der Waals surface area contributed by atoms with Crippen LogP contribution in [0.4, 0.5) is 0 Å². The van der Waals surface area contributed by atoms with Gasteiger partial charge in [0.1, 0.15) is 0 Å². The fourth-order valence-corrected chi connectivity index (χ4v) is 0. The zero-order chi connectivity index (χ0) is 5.21. The second-order valence-corrected chi connectivity index (χ2v) is 15.8. The summed E-state index contributed by atoms with van der Waals surface area (Å²) in [5.74, 6) is 7.06. The molecule has 0 aromatic carbocycles. The maximum atomic E-state index is 4.18. The average Bonchev–Trinajstić information content (AvgIpc) is 1.35. The van der Waals surface area contributed by atoms with Crippen molar-refractivity contribution in [1.82, 2.24) is 0 Å². The van der Waals surface area contributed by atoms with Crippen LogP contribution in [0.2, 0.25) is 17.3 Å². The van der Waals surface area contributed by atoms with Gasteiger partial charge in [0.2, 0.25) is 0 Å². The Balaban J connectivity index is 3.17. The first-order valence-corrected chi connectivity index (χ1v) is 10.6. The van der Waals surface area contributed by atoms with Crippen LogP contribution in [0.25, 0.3) is 0 Å². The number of hydrogen-bond acceptors (Lipinski definition) is 0. The third kappa shape index (κ3) is 4.97. The van der Waals surface area contributed by atoms with Gasteiger partial charge in [0.25, 0.3) is 0 Å². The standard InChI is InChI=1S/C4H11GeP/c1-5(2,3)4-6/h4H2,1-3H3. The SMILES string of the molecule is [CH3][Ge]([CH3])([CH3])[CH2][P]. The second kappa shape index (κ2) is 2.32. The van der Waals surface area contributed by atoms with Crippen LogP contribution in [-0.2, 0) is 0 Å². The fourth-order valence-electron chi connectivity index (χ4n) is 0. The zero-order valence-corrected chi connectivity index (χ0v) is 7.65. The molecule has 0 aliphatic carbocycles. The van der Waals surface area contributed by atoms with Crippen LogP contribution in [0, 0.1) is 0 Å². The average molecular weight is 163 g/mol. The van der Waals surface area contributed by atoms with E-state index in [1.54, 1.807) is 0 Å². The van der Waals surface area contributed by atoms with Gasteiger partial charge in [-0.05, 0) is 0 Å². The molecule has 0 aromatic heterocycles. The van der Waals surface area contributed by atoms with Crippen molar-refractivity contribution in [3.05, 3.63) is 0 Å². The Morgan fingerprint density at radius 2 is 1.50 bits per heavy atom. The molecule has 0 amide bonds. The Hall–Kier alpha value is 0.973. The molecule has 2 radical (unpaired) electrons. The molecule has 0 aromatic rings. The molecule has 2 heteroatoms. The third-order valence-electron chi connectivity index (χ3n) is 0.474. The monoisotopic (exact) mass is 164 g/mol. The Labute approximate surface area is 45.3 Å². The summed E-state index contributed by atoms with van der Waals surface area (Å²) in [6.45, 7) is 0. The Morgan fingerprint density at radius 3 is 1.50 bits per heavy atom. The summed E-state index contributed by atoms with van der Waals surface area (Å²) >= 11 is -1.18. The minimum absolute atomic E-state index is 1.15. The number of rotatable bonds is 1. The first kappa shape index (κ1) is 6.97. The molecule has 0 bridgehead atoms. The van der Waals surface area contributed by atoms with E-state index in [9.17, 15) is 0 Å². The van der Waals surface area contributed by atoms with Crippen LogP contribution in [-0.4, -0.2) is 18.3 Å². The Bertz CT molecular complexity index is 37.3. The molecule has 0 nitrogen and oxygen atoms in total. The van der Waals surface area contributed by atoms with Crippen molar-refractivity contribution in [2.24, 2.45) is 0 Å². The van der Waals surface area contributed by atoms with E-state index in [0.717, 1.165) is 4.99 Å². The van der Waals surface area contributed by atoms with Crippen molar-refractivity contribution >= 4 is 22.5 Å². The first-order valence-electron chi connectivity index (χ1n) is 2.17. The molecule has 0 saturated heterocycles. The predicted molar refractivity (Wildman–Crippen MR) is 35.1 cm³/mol. The molecule has 0 atom stereocenters. The van der Waals surface area contributed by atoms with E-state index in [1.807, 2.05) is 0 Å². The van der Waals surface area contributed by atoms with Gasteiger partial charge in [-0.25, -0.2) is 0 Å². The van der Waals surface area contributed by atoms with Gasteiger partial charge >= 0.3 is 44.8 Å². The van der Waals surface area contributed by atoms with Crippen LogP contribution in [0.5, 0.6) is 0 Å². The first-order chi connectivity index (χ1) is 2.56. The predicted octanol–water partition coefficient (Wildman–Crippen LogP) is 2.27. The molecule has 6 heavy (non-hydrogen) atoms. The molecular formula is C4H11GeP. The minimum atomic E-state index is -1.18. The molecule has 0 rings (SSSR count). The Kier molecular flexibility index (Phi) is 2.70. The van der Waals surface area contributed by atoms with Gasteiger partial charge in [-0.3, -0.25) is 0 Å². The molecule has 0 spiro atoms. The van der Waals surface area contributed by atoms with Gasteiger partial charge in [0.05, 0.1) is 0 Å². The summed E-state index contributed by atoms with van der Waals surface area (Å²) in [5.41, 5.74) is 0. The second-order valence-electron chi connectivity index (χ2n) is 2.72. The molecular weight excluding hydrogens is 152 g/mol. The third-order valence-corrected chi connectivity index (χ3v) is 7.39. The van der Waals surface area contributed by atoms with E-state index >= 15 is 0 Å². The fraction of sp³-hybridized carbons (Fsp3) is 1.00. The molecule has 0 fully saturated rings. The Morgan fingerprint density at radius 1 is 1.33 bits per heavy atom. The van der Waals surface area contributed by atoms with E-state index < -0.39 is 13.3 Å². The van der Waals surface area contributed by atoms with E-state index in [2.05, 4.69) is 26.5 Å². The van der Waals surface area contributed by atoms with E-state index in [1.165, 1.54) is 0 Å². The zero-order valence-electron chi connectivity index (χ0n) is 4.65. The van der Waals surface area contributed by atoms with Gasteiger partial charge in [0, 0.05) is 0 Å². The van der Waals surface area contributed by atoms with Gasteiger partial charge in [-0.1, -0.05) is 0 Å². The normalized spacial score (nSPS) is 12.0. The van der Waals surface area contributed by atoms with Crippen LogP contribution in [0.1, 0.15) is 0 Å². The topological polar surface area (TPSA) is 0 Å². The van der Waals surface area contributed by atoms with Crippen LogP contribution >= 0.6 is 9.24 Å². The summed E-state index contributed by atoms with van der Waals surface area (Å²) in [6.07, 6.45) is 0. The number of hydrogen-bond donors (Lipinski definition) is 0. The van der Waals surface area contributed by atoms with Crippen molar-refractivity contribution < 1.29 is 0 Å². The van der Waals surface area contributed by atoms with Crippen molar-refractivity contribution in [2.75, 3.05) is 4.99 Å². The van der Waals surface area contributed by atoms with E-state index in [0.29, 0.717) is 0 Å². The summed E-state index contributed by atoms with van der Waals surface area (Å²) in [4.78, 5) is 1.15. The van der Waals surface area contributed by atoms with Gasteiger partial charge in [-0.2, -0.15) is 0 Å². The van der Waals surface area contributed by atoms with E-state index in [4.69, 9.17) is 0 Å². The molecule has 0 aliphatic rings. The summed E-state index contributed by atoms with van der Waals surface area (Å²) in [6, 6.07) is 0. The molecule has 0 N–H and O–H groups in total. The van der Waals surface area contributed by atoms with Gasteiger partial charge < -0.3 is 0 Å². The molecule has 0 aliphatic heterocycles. The van der Waals surface area contributed by atoms with Crippen molar-refractivity contribution in [3.8, 4) is 0 Å². The summed E-state index contributed by atoms with van der Waals surface area (Å²) < 4.78 is 0. The molecule has 0 saturated carbocycles. The molecule has 36 valence electrons. The van der Waals surface area contributed by atoms with Crippen molar-refractivity contribution in [2.45, 2.75) is 17.3 Å². The summed E-state index contributed by atoms with van der Waals surface area (Å²) in [5, 5.41) is 0. The molecule has 0 unspecified atom stereocenters. The van der Waals surface area contributed by atoms with Crippen LogP contribution in [0.15, 0.2) is 0 Å². The summed E-state index contributed by atoms with van der Waals surface area (Å²) in [7, 11) is 4.18. The van der Waals surface area contributed by atoms with E-state index in [-0.39, 0.29) is 0 Å². The quantitative estimate of drug-likeness (QED) is 0.410.